The van der Waals surface area contributed by atoms with Gasteiger partial charge in [0, 0.05) is 31.8 Å². The molecule has 4 heteroatoms. The highest BCUT2D eigenvalue weighted by Crippen LogP contribution is 2.28. The molecule has 0 aromatic heterocycles. The number of nitrogens with one attached hydrogen (secondary N) is 1. The van der Waals surface area contributed by atoms with Crippen LogP contribution < -0.4 is 11.1 Å². The van der Waals surface area contributed by atoms with E-state index in [1.165, 1.54) is 12.8 Å². The molecule has 2 fully saturated rings. The van der Waals surface area contributed by atoms with E-state index in [-0.39, 0.29) is 5.54 Å². The van der Waals surface area contributed by atoms with Crippen LogP contribution in [0.25, 0.3) is 0 Å². The van der Waals surface area contributed by atoms with Crippen molar-refractivity contribution in [1.29, 1.82) is 0 Å². The van der Waals surface area contributed by atoms with Gasteiger partial charge >= 0.3 is 0 Å². The van der Waals surface area contributed by atoms with Gasteiger partial charge in [0.1, 0.15) is 0 Å². The van der Waals surface area contributed by atoms with Crippen LogP contribution in [0.2, 0.25) is 0 Å². The van der Waals surface area contributed by atoms with Crippen LogP contribution in [0.5, 0.6) is 0 Å². The number of nitrogens with two attached hydrogens (primary N) is 1. The van der Waals surface area contributed by atoms with Crippen LogP contribution in [0.15, 0.2) is 0 Å². The monoisotopic (exact) mass is 256 g/mol. The Morgan fingerprint density at radius 2 is 2.17 bits per heavy atom. The lowest BCUT2D eigenvalue weighted by Gasteiger charge is -2.42. The molecule has 0 spiro atoms. The fourth-order valence-electron chi connectivity index (χ4n) is 2.93. The molecule has 0 aromatic rings. The Hall–Kier alpha value is -0.160. The summed E-state index contributed by atoms with van der Waals surface area (Å²) in [5.41, 5.74) is 6.08. The van der Waals surface area contributed by atoms with Crippen LogP contribution in [-0.2, 0) is 9.47 Å². The van der Waals surface area contributed by atoms with Gasteiger partial charge in [-0.05, 0) is 31.6 Å². The van der Waals surface area contributed by atoms with Crippen molar-refractivity contribution in [2.24, 2.45) is 11.7 Å². The molecule has 0 amide bonds. The quantitative estimate of drug-likeness (QED) is 0.778. The average Bonchev–Trinajstić information content (AvgIpc) is 2.90. The van der Waals surface area contributed by atoms with E-state index < -0.39 is 0 Å². The fraction of sp³-hybridized carbons (Fsp3) is 1.00. The molecule has 0 bridgehead atoms. The van der Waals surface area contributed by atoms with Crippen molar-refractivity contribution >= 4 is 0 Å². The minimum atomic E-state index is 0.0547. The topological polar surface area (TPSA) is 56.5 Å². The Bertz CT molecular complexity index is 254. The molecule has 2 rings (SSSR count). The van der Waals surface area contributed by atoms with Crippen molar-refractivity contribution in [2.75, 3.05) is 26.3 Å². The minimum Gasteiger partial charge on any atom is -0.378 e. The van der Waals surface area contributed by atoms with E-state index in [0.29, 0.717) is 24.7 Å². The van der Waals surface area contributed by atoms with E-state index in [9.17, 15) is 0 Å². The first-order chi connectivity index (χ1) is 8.65. The van der Waals surface area contributed by atoms with E-state index in [1.54, 1.807) is 0 Å². The maximum absolute atomic E-state index is 6.03. The van der Waals surface area contributed by atoms with E-state index in [2.05, 4.69) is 19.2 Å². The zero-order valence-electron chi connectivity index (χ0n) is 11.8. The molecule has 0 saturated carbocycles. The fourth-order valence-corrected chi connectivity index (χ4v) is 2.93. The second-order valence-electron chi connectivity index (χ2n) is 6.11. The molecular formula is C14H28N2O2. The maximum Gasteiger partial charge on any atom is 0.0700 e. The summed E-state index contributed by atoms with van der Waals surface area (Å²) in [6.45, 7) is 7.79. The highest BCUT2D eigenvalue weighted by atomic mass is 16.5. The zero-order chi connectivity index (χ0) is 13.0. The number of rotatable bonds is 5. The van der Waals surface area contributed by atoms with Gasteiger partial charge in [-0.3, -0.25) is 0 Å². The molecule has 3 atom stereocenters. The molecule has 0 aliphatic carbocycles. The smallest absolute Gasteiger partial charge is 0.0700 e. The SMILES string of the molecule is CC(C)C1CC(CN)(NCC2CCCO2)CCO1. The van der Waals surface area contributed by atoms with Crippen molar-refractivity contribution in [3.05, 3.63) is 0 Å². The lowest BCUT2D eigenvalue weighted by molar-refractivity contribution is -0.0517. The summed E-state index contributed by atoms with van der Waals surface area (Å²) in [4.78, 5) is 0. The van der Waals surface area contributed by atoms with E-state index >= 15 is 0 Å². The standard InChI is InChI=1S/C14H28N2O2/c1-11(2)13-8-14(10-15,5-7-18-13)16-9-12-4-3-6-17-12/h11-13,16H,3-10,15H2,1-2H3. The first-order valence-corrected chi connectivity index (χ1v) is 7.33. The summed E-state index contributed by atoms with van der Waals surface area (Å²) in [6, 6.07) is 0. The van der Waals surface area contributed by atoms with Gasteiger partial charge in [0.15, 0.2) is 0 Å². The van der Waals surface area contributed by atoms with Gasteiger partial charge in [0.05, 0.1) is 12.2 Å². The van der Waals surface area contributed by atoms with Gasteiger partial charge in [-0.25, -0.2) is 0 Å². The molecule has 106 valence electrons. The summed E-state index contributed by atoms with van der Waals surface area (Å²) in [7, 11) is 0. The molecular weight excluding hydrogens is 228 g/mol. The molecule has 2 aliphatic heterocycles. The second kappa shape index (κ2) is 6.33. The lowest BCUT2D eigenvalue weighted by Crippen LogP contribution is -2.58. The molecule has 2 aliphatic rings. The van der Waals surface area contributed by atoms with Crippen molar-refractivity contribution in [3.8, 4) is 0 Å². The third kappa shape index (κ3) is 3.44. The van der Waals surface area contributed by atoms with Crippen molar-refractivity contribution < 1.29 is 9.47 Å². The largest absolute Gasteiger partial charge is 0.378 e. The van der Waals surface area contributed by atoms with Crippen LogP contribution in [0.1, 0.15) is 39.5 Å². The number of hydrogen-bond donors (Lipinski definition) is 2. The first kappa shape index (κ1) is 14.3. The average molecular weight is 256 g/mol. The van der Waals surface area contributed by atoms with E-state index in [0.717, 1.165) is 32.6 Å². The van der Waals surface area contributed by atoms with Crippen LogP contribution in [-0.4, -0.2) is 44.1 Å². The van der Waals surface area contributed by atoms with E-state index in [1.807, 2.05) is 0 Å². The second-order valence-corrected chi connectivity index (χ2v) is 6.11. The van der Waals surface area contributed by atoms with Gasteiger partial charge in [-0.15, -0.1) is 0 Å². The summed E-state index contributed by atoms with van der Waals surface area (Å²) < 4.78 is 11.5. The Morgan fingerprint density at radius 1 is 1.33 bits per heavy atom. The van der Waals surface area contributed by atoms with Gasteiger partial charge in [-0.1, -0.05) is 13.8 Å². The highest BCUT2D eigenvalue weighted by molar-refractivity contribution is 4.95. The summed E-state index contributed by atoms with van der Waals surface area (Å²) in [6.07, 6.45) is 5.12. The number of ether oxygens (including phenoxy) is 2. The third-order valence-electron chi connectivity index (χ3n) is 4.37. The Balaban J connectivity index is 1.87. The zero-order valence-corrected chi connectivity index (χ0v) is 11.8. The van der Waals surface area contributed by atoms with Crippen molar-refractivity contribution in [3.63, 3.8) is 0 Å². The van der Waals surface area contributed by atoms with Gasteiger partial charge in [0.2, 0.25) is 0 Å². The minimum absolute atomic E-state index is 0.0547. The molecule has 2 saturated heterocycles. The Labute approximate surface area is 111 Å². The molecule has 4 nitrogen and oxygen atoms in total. The van der Waals surface area contributed by atoms with Gasteiger partial charge in [0.25, 0.3) is 0 Å². The number of hydrogen-bond acceptors (Lipinski definition) is 4. The first-order valence-electron chi connectivity index (χ1n) is 7.33. The van der Waals surface area contributed by atoms with Crippen LogP contribution in [0.3, 0.4) is 0 Å². The predicted molar refractivity (Wildman–Crippen MR) is 72.6 cm³/mol. The van der Waals surface area contributed by atoms with Gasteiger partial charge < -0.3 is 20.5 Å². The third-order valence-corrected chi connectivity index (χ3v) is 4.37. The Morgan fingerprint density at radius 3 is 2.78 bits per heavy atom. The molecule has 2 heterocycles. The van der Waals surface area contributed by atoms with Crippen molar-refractivity contribution in [1.82, 2.24) is 5.32 Å². The summed E-state index contributed by atoms with van der Waals surface area (Å²) >= 11 is 0. The van der Waals surface area contributed by atoms with Crippen LogP contribution in [0, 0.1) is 5.92 Å². The van der Waals surface area contributed by atoms with Crippen LogP contribution in [0.4, 0.5) is 0 Å². The van der Waals surface area contributed by atoms with E-state index in [4.69, 9.17) is 15.2 Å². The molecule has 0 radical (unpaired) electrons. The van der Waals surface area contributed by atoms with Gasteiger partial charge in [-0.2, -0.15) is 0 Å². The summed E-state index contributed by atoms with van der Waals surface area (Å²) in [5.74, 6) is 0.556. The maximum atomic E-state index is 6.03. The normalized spacial score (nSPS) is 37.3. The molecule has 18 heavy (non-hydrogen) atoms. The Kier molecular flexibility index (Phi) is 5.01. The lowest BCUT2D eigenvalue weighted by atomic mass is 9.83. The highest BCUT2D eigenvalue weighted by Gasteiger charge is 2.37. The molecule has 3 N–H and O–H groups in total. The van der Waals surface area contributed by atoms with Crippen LogP contribution >= 0.6 is 0 Å². The molecule has 0 aromatic carbocycles. The predicted octanol–water partition coefficient (Wildman–Crippen LogP) is 1.29. The summed E-state index contributed by atoms with van der Waals surface area (Å²) in [5, 5.41) is 3.68. The molecule has 3 unspecified atom stereocenters. The van der Waals surface area contributed by atoms with Crippen molar-refractivity contribution in [2.45, 2.75) is 57.3 Å².